The van der Waals surface area contributed by atoms with E-state index in [0.717, 1.165) is 38.8 Å². The molecule has 1 saturated heterocycles. The number of hydrogen-bond acceptors (Lipinski definition) is 7. The maximum absolute atomic E-state index is 12.3. The van der Waals surface area contributed by atoms with Crippen LogP contribution in [-0.2, 0) is 17.8 Å². The number of pyridine rings is 1. The highest BCUT2D eigenvalue weighted by Crippen LogP contribution is 2.22. The van der Waals surface area contributed by atoms with Crippen molar-refractivity contribution < 1.29 is 14.1 Å². The highest BCUT2D eigenvalue weighted by atomic mass is 16.6. The zero-order chi connectivity index (χ0) is 16.1. The van der Waals surface area contributed by atoms with Crippen LogP contribution in [0.2, 0.25) is 0 Å². The zero-order valence-electron chi connectivity index (χ0n) is 13.2. The van der Waals surface area contributed by atoms with Gasteiger partial charge in [0.15, 0.2) is 12.4 Å². The van der Waals surface area contributed by atoms with E-state index in [-0.39, 0.29) is 6.61 Å². The molecule has 0 N–H and O–H groups in total. The van der Waals surface area contributed by atoms with Gasteiger partial charge in [0, 0.05) is 25.7 Å². The fraction of sp³-hybridized carbons (Fsp3) is 0.500. The number of rotatable bonds is 6. The minimum Gasteiger partial charge on any atom is -0.452 e. The number of hydrogen-bond donors (Lipinski definition) is 0. The maximum Gasteiger partial charge on any atom is 0.342 e. The Morgan fingerprint density at radius 2 is 2.22 bits per heavy atom. The highest BCUT2D eigenvalue weighted by Gasteiger charge is 2.22. The van der Waals surface area contributed by atoms with Crippen LogP contribution in [0.25, 0.3) is 0 Å². The number of aryl methyl sites for hydroxylation is 1. The number of aromatic nitrogens is 3. The van der Waals surface area contributed by atoms with Crippen molar-refractivity contribution in [3.05, 3.63) is 35.6 Å². The summed E-state index contributed by atoms with van der Waals surface area (Å²) in [6.45, 7) is 3.85. The van der Waals surface area contributed by atoms with E-state index in [1.54, 1.807) is 18.3 Å². The number of anilines is 1. The molecule has 0 unspecified atom stereocenters. The van der Waals surface area contributed by atoms with Crippen LogP contribution in [0.15, 0.2) is 22.9 Å². The van der Waals surface area contributed by atoms with Crippen LogP contribution >= 0.6 is 0 Å². The van der Waals surface area contributed by atoms with E-state index < -0.39 is 5.97 Å². The van der Waals surface area contributed by atoms with Crippen LogP contribution in [0.4, 0.5) is 5.82 Å². The van der Waals surface area contributed by atoms with Crippen LogP contribution < -0.4 is 4.90 Å². The topological polar surface area (TPSA) is 81.3 Å². The van der Waals surface area contributed by atoms with Gasteiger partial charge in [-0.2, -0.15) is 4.98 Å². The monoisotopic (exact) mass is 316 g/mol. The minimum absolute atomic E-state index is 0.0239. The molecule has 7 heteroatoms. The number of esters is 1. The summed E-state index contributed by atoms with van der Waals surface area (Å²) in [5.74, 6) is 1.22. The van der Waals surface area contributed by atoms with Gasteiger partial charge in [-0.25, -0.2) is 9.78 Å². The molecule has 0 spiro atoms. The summed E-state index contributed by atoms with van der Waals surface area (Å²) in [7, 11) is 0. The van der Waals surface area contributed by atoms with E-state index in [0.29, 0.717) is 23.1 Å². The fourth-order valence-corrected chi connectivity index (χ4v) is 2.62. The molecular weight excluding hydrogens is 296 g/mol. The first kappa shape index (κ1) is 15.5. The Morgan fingerprint density at radius 1 is 1.39 bits per heavy atom. The molecule has 3 rings (SSSR count). The van der Waals surface area contributed by atoms with Crippen LogP contribution in [0.1, 0.15) is 48.3 Å². The third-order valence-corrected chi connectivity index (χ3v) is 3.72. The molecule has 0 saturated carbocycles. The predicted molar refractivity (Wildman–Crippen MR) is 83.1 cm³/mol. The lowest BCUT2D eigenvalue weighted by atomic mass is 10.2. The van der Waals surface area contributed by atoms with Gasteiger partial charge in [-0.05, 0) is 31.4 Å². The first-order valence-electron chi connectivity index (χ1n) is 7.96. The average Bonchev–Trinajstić information content (AvgIpc) is 3.25. The standard InChI is InChI=1S/C16H20N4O3/c1-2-6-13-18-14(23-19-13)11-22-16(21)12-7-5-8-17-15(12)20-9-3-4-10-20/h5,7-8H,2-4,6,9-11H2,1H3. The van der Waals surface area contributed by atoms with Crippen molar-refractivity contribution >= 4 is 11.8 Å². The van der Waals surface area contributed by atoms with E-state index in [2.05, 4.69) is 20.0 Å². The molecule has 2 aromatic rings. The van der Waals surface area contributed by atoms with E-state index in [9.17, 15) is 4.79 Å². The summed E-state index contributed by atoms with van der Waals surface area (Å²) in [6.07, 6.45) is 5.62. The number of nitrogens with zero attached hydrogens (tertiary/aromatic N) is 4. The molecule has 0 aliphatic carbocycles. The van der Waals surface area contributed by atoms with Crippen LogP contribution in [0.5, 0.6) is 0 Å². The Morgan fingerprint density at radius 3 is 3.00 bits per heavy atom. The summed E-state index contributed by atoms with van der Waals surface area (Å²) in [6, 6.07) is 3.47. The largest absolute Gasteiger partial charge is 0.452 e. The Hall–Kier alpha value is -2.44. The van der Waals surface area contributed by atoms with E-state index in [1.807, 2.05) is 6.92 Å². The molecule has 1 aliphatic rings. The number of carbonyl (C=O) groups is 1. The van der Waals surface area contributed by atoms with Gasteiger partial charge in [0.25, 0.3) is 5.89 Å². The quantitative estimate of drug-likeness (QED) is 0.757. The summed E-state index contributed by atoms with van der Waals surface area (Å²) in [5.41, 5.74) is 0.475. The third kappa shape index (κ3) is 3.67. The second kappa shape index (κ2) is 7.21. The van der Waals surface area contributed by atoms with Gasteiger partial charge in [0.05, 0.1) is 0 Å². The molecule has 0 amide bonds. The molecule has 3 heterocycles. The molecule has 1 fully saturated rings. The van der Waals surface area contributed by atoms with E-state index in [4.69, 9.17) is 9.26 Å². The van der Waals surface area contributed by atoms with Crippen molar-refractivity contribution in [3.63, 3.8) is 0 Å². The SMILES string of the molecule is CCCc1noc(COC(=O)c2cccnc2N2CCCC2)n1. The molecule has 122 valence electrons. The lowest BCUT2D eigenvalue weighted by molar-refractivity contribution is 0.0430. The Kier molecular flexibility index (Phi) is 4.85. The number of carbonyl (C=O) groups excluding carboxylic acids is 1. The predicted octanol–water partition coefficient (Wildman–Crippen LogP) is 2.37. The maximum atomic E-state index is 12.3. The zero-order valence-corrected chi connectivity index (χ0v) is 13.2. The third-order valence-electron chi connectivity index (χ3n) is 3.72. The van der Waals surface area contributed by atoms with Gasteiger partial charge in [-0.15, -0.1) is 0 Å². The van der Waals surface area contributed by atoms with Crippen LogP contribution in [0, 0.1) is 0 Å². The Labute approximate surface area is 134 Å². The highest BCUT2D eigenvalue weighted by molar-refractivity contribution is 5.94. The van der Waals surface area contributed by atoms with Crippen molar-refractivity contribution in [2.24, 2.45) is 0 Å². The molecule has 0 bridgehead atoms. The molecular formula is C16H20N4O3. The molecule has 7 nitrogen and oxygen atoms in total. The first-order chi connectivity index (χ1) is 11.3. The average molecular weight is 316 g/mol. The lowest BCUT2D eigenvalue weighted by Crippen LogP contribution is -2.22. The Balaban J connectivity index is 1.65. The van der Waals surface area contributed by atoms with Crippen molar-refractivity contribution in [1.82, 2.24) is 15.1 Å². The number of ether oxygens (including phenoxy) is 1. The molecule has 0 aromatic carbocycles. The van der Waals surface area contributed by atoms with Crippen molar-refractivity contribution in [3.8, 4) is 0 Å². The van der Waals surface area contributed by atoms with Gasteiger partial charge >= 0.3 is 5.97 Å². The second-order valence-corrected chi connectivity index (χ2v) is 5.50. The first-order valence-corrected chi connectivity index (χ1v) is 7.96. The molecule has 2 aromatic heterocycles. The van der Waals surface area contributed by atoms with E-state index >= 15 is 0 Å². The fourth-order valence-electron chi connectivity index (χ4n) is 2.62. The minimum atomic E-state index is -0.421. The van der Waals surface area contributed by atoms with Gasteiger partial charge in [0.1, 0.15) is 11.4 Å². The molecule has 0 atom stereocenters. The van der Waals surface area contributed by atoms with Gasteiger partial charge in [-0.1, -0.05) is 12.1 Å². The molecule has 0 radical (unpaired) electrons. The van der Waals surface area contributed by atoms with Gasteiger partial charge < -0.3 is 14.2 Å². The van der Waals surface area contributed by atoms with E-state index in [1.165, 1.54) is 0 Å². The summed E-state index contributed by atoms with van der Waals surface area (Å²) >= 11 is 0. The van der Waals surface area contributed by atoms with Crippen molar-refractivity contribution in [2.75, 3.05) is 18.0 Å². The molecule has 1 aliphatic heterocycles. The lowest BCUT2D eigenvalue weighted by Gasteiger charge is -2.18. The second-order valence-electron chi connectivity index (χ2n) is 5.50. The summed E-state index contributed by atoms with van der Waals surface area (Å²) in [5, 5.41) is 3.84. The van der Waals surface area contributed by atoms with Crippen molar-refractivity contribution in [1.29, 1.82) is 0 Å². The normalized spacial score (nSPS) is 14.2. The summed E-state index contributed by atoms with van der Waals surface area (Å²) in [4.78, 5) is 23.0. The van der Waals surface area contributed by atoms with Crippen molar-refractivity contribution in [2.45, 2.75) is 39.2 Å². The van der Waals surface area contributed by atoms with Gasteiger partial charge in [0.2, 0.25) is 0 Å². The summed E-state index contributed by atoms with van der Waals surface area (Å²) < 4.78 is 10.4. The Bertz CT molecular complexity index is 665. The van der Waals surface area contributed by atoms with Gasteiger partial charge in [-0.3, -0.25) is 0 Å². The molecule has 23 heavy (non-hydrogen) atoms. The smallest absolute Gasteiger partial charge is 0.342 e. The van der Waals surface area contributed by atoms with Crippen LogP contribution in [-0.4, -0.2) is 34.2 Å². The van der Waals surface area contributed by atoms with Crippen LogP contribution in [0.3, 0.4) is 0 Å².